The van der Waals surface area contributed by atoms with Crippen LogP contribution in [0, 0.1) is 17.5 Å². The monoisotopic (exact) mass is 677 g/mol. The maximum absolute atomic E-state index is 15.3. The molecule has 1 N–H and O–H groups in total. The molecule has 0 fully saturated rings. The number of hydrogen-bond donors (Lipinski definition) is 1. The number of pyridine rings is 2. The third-order valence-corrected chi connectivity index (χ3v) is 9.36. The van der Waals surface area contributed by atoms with Crippen molar-refractivity contribution in [3.63, 3.8) is 0 Å². The van der Waals surface area contributed by atoms with E-state index in [-0.39, 0.29) is 29.2 Å². The molecule has 1 aromatic carbocycles. The van der Waals surface area contributed by atoms with E-state index in [0.717, 1.165) is 37.7 Å². The van der Waals surface area contributed by atoms with Crippen LogP contribution in [0.5, 0.6) is 11.6 Å². The lowest BCUT2D eigenvalue weighted by atomic mass is 10.2. The van der Waals surface area contributed by atoms with E-state index in [0.29, 0.717) is 12.7 Å². The third kappa shape index (κ3) is 8.63. The minimum absolute atomic E-state index is 0.00118. The average Bonchev–Trinajstić information content (AvgIpc) is 3.27. The number of sulfonamides is 1. The van der Waals surface area contributed by atoms with Crippen molar-refractivity contribution >= 4 is 34.8 Å². The SMILES string of the molecule is COc1ncc(F)cc1S(=O)(=O)Nc1ccc(F)c(COc2cnc3c(c2)c(CC(F)(F)F)nn3COCC[Si](C)(C)C)c1F. The van der Waals surface area contributed by atoms with Gasteiger partial charge in [0.25, 0.3) is 10.0 Å². The number of halogens is 6. The van der Waals surface area contributed by atoms with Crippen molar-refractivity contribution in [2.75, 3.05) is 18.4 Å². The van der Waals surface area contributed by atoms with E-state index in [1.165, 1.54) is 10.7 Å². The number of hydrogen-bond acceptors (Lipinski definition) is 8. The third-order valence-electron chi connectivity index (χ3n) is 6.30. The summed E-state index contributed by atoms with van der Waals surface area (Å²) in [5, 5.41) is 4.03. The van der Waals surface area contributed by atoms with Crippen LogP contribution in [0.15, 0.2) is 41.6 Å². The Labute approximate surface area is 255 Å². The van der Waals surface area contributed by atoms with Crippen LogP contribution in [0.1, 0.15) is 11.3 Å². The van der Waals surface area contributed by atoms with E-state index in [1.54, 1.807) is 0 Å². The lowest BCUT2D eigenvalue weighted by molar-refractivity contribution is -0.127. The number of aromatic nitrogens is 4. The normalized spacial score (nSPS) is 12.5. The smallest absolute Gasteiger partial charge is 0.394 e. The van der Waals surface area contributed by atoms with E-state index in [9.17, 15) is 30.4 Å². The van der Waals surface area contributed by atoms with Crippen LogP contribution in [0.2, 0.25) is 25.7 Å². The largest absolute Gasteiger partial charge is 0.487 e. The van der Waals surface area contributed by atoms with Crippen LogP contribution in [0.25, 0.3) is 11.0 Å². The molecule has 0 saturated heterocycles. The number of nitrogens with one attached hydrogen (secondary N) is 1. The molecule has 0 aliphatic carbocycles. The molecule has 4 rings (SSSR count). The fourth-order valence-electron chi connectivity index (χ4n) is 4.04. The molecule has 244 valence electrons. The average molecular weight is 678 g/mol. The van der Waals surface area contributed by atoms with Crippen LogP contribution < -0.4 is 14.2 Å². The standard InChI is InChI=1S/C27H29F6N5O5SSi/c1-41-26-23(9-16(28)12-35-26)44(39,40)37-21-6-5-20(29)19(24(21)30)14-43-17-10-18-22(11-27(31,32)33)36-38(25(18)34-13-17)15-42-7-8-45(2,3)4/h5-6,9-10,12-13,37H,7-8,11,14-15H2,1-4H3. The summed E-state index contributed by atoms with van der Waals surface area (Å²) >= 11 is 0. The minimum atomic E-state index is -4.66. The van der Waals surface area contributed by atoms with Gasteiger partial charge in [-0.15, -0.1) is 0 Å². The number of rotatable bonds is 13. The number of anilines is 1. The van der Waals surface area contributed by atoms with Crippen LogP contribution in [-0.2, 0) is 34.5 Å². The molecular weight excluding hydrogens is 648 g/mol. The summed E-state index contributed by atoms with van der Waals surface area (Å²) in [7, 11) is -4.97. The topological polar surface area (TPSA) is 117 Å². The highest BCUT2D eigenvalue weighted by atomic mass is 32.2. The van der Waals surface area contributed by atoms with Gasteiger partial charge in [0.05, 0.1) is 42.9 Å². The summed E-state index contributed by atoms with van der Waals surface area (Å²) in [6.07, 6.45) is -4.09. The lowest BCUT2D eigenvalue weighted by Crippen LogP contribution is -2.22. The summed E-state index contributed by atoms with van der Waals surface area (Å²) < 4.78 is 128. The van der Waals surface area contributed by atoms with Gasteiger partial charge in [-0.1, -0.05) is 19.6 Å². The Balaban J connectivity index is 1.58. The second-order valence-corrected chi connectivity index (χ2v) is 18.3. The minimum Gasteiger partial charge on any atom is -0.487 e. The van der Waals surface area contributed by atoms with Crippen molar-refractivity contribution in [3.8, 4) is 11.6 Å². The Morgan fingerprint density at radius 3 is 2.44 bits per heavy atom. The highest BCUT2D eigenvalue weighted by Crippen LogP contribution is 2.31. The Morgan fingerprint density at radius 1 is 1.04 bits per heavy atom. The zero-order valence-electron chi connectivity index (χ0n) is 24.5. The molecule has 10 nitrogen and oxygen atoms in total. The number of alkyl halides is 3. The van der Waals surface area contributed by atoms with Crippen LogP contribution >= 0.6 is 0 Å². The zero-order valence-corrected chi connectivity index (χ0v) is 26.3. The molecule has 0 saturated carbocycles. The Morgan fingerprint density at radius 2 is 1.78 bits per heavy atom. The van der Waals surface area contributed by atoms with Gasteiger partial charge in [-0.25, -0.2) is 36.2 Å². The predicted molar refractivity (Wildman–Crippen MR) is 154 cm³/mol. The number of nitrogens with zero attached hydrogens (tertiary/aromatic N) is 4. The molecule has 45 heavy (non-hydrogen) atoms. The fraction of sp³-hybridized carbons (Fsp3) is 0.370. The molecule has 0 radical (unpaired) electrons. The molecule has 18 heteroatoms. The molecular formula is C27H29F6N5O5SSi. The summed E-state index contributed by atoms with van der Waals surface area (Å²) in [5.74, 6) is -4.06. The lowest BCUT2D eigenvalue weighted by Gasteiger charge is -2.15. The second-order valence-electron chi connectivity index (χ2n) is 11.1. The maximum Gasteiger partial charge on any atom is 0.394 e. The fourth-order valence-corrected chi connectivity index (χ4v) is 5.99. The van der Waals surface area contributed by atoms with Gasteiger partial charge in [-0.2, -0.15) is 18.3 Å². The van der Waals surface area contributed by atoms with Gasteiger partial charge in [0.1, 0.15) is 30.7 Å². The van der Waals surface area contributed by atoms with Crippen molar-refractivity contribution in [2.45, 2.75) is 56.5 Å². The number of benzene rings is 1. The van der Waals surface area contributed by atoms with Crippen molar-refractivity contribution in [3.05, 3.63) is 65.4 Å². The van der Waals surface area contributed by atoms with Crippen LogP contribution in [0.4, 0.5) is 32.0 Å². The van der Waals surface area contributed by atoms with Gasteiger partial charge < -0.3 is 14.2 Å². The molecule has 0 unspecified atom stereocenters. The molecule has 4 aromatic rings. The molecule has 0 atom stereocenters. The van der Waals surface area contributed by atoms with Crippen molar-refractivity contribution in [1.82, 2.24) is 19.7 Å². The van der Waals surface area contributed by atoms with Crippen molar-refractivity contribution in [1.29, 1.82) is 0 Å². The van der Waals surface area contributed by atoms with E-state index < -0.39 is 76.8 Å². The summed E-state index contributed by atoms with van der Waals surface area (Å²) in [6, 6.07) is 4.23. The zero-order chi connectivity index (χ0) is 33.2. The van der Waals surface area contributed by atoms with Crippen LogP contribution in [-0.4, -0.2) is 56.1 Å². The molecule has 3 heterocycles. The first-order chi connectivity index (χ1) is 21.0. The van der Waals surface area contributed by atoms with Gasteiger partial charge >= 0.3 is 6.18 Å². The molecule has 0 aliphatic heterocycles. The summed E-state index contributed by atoms with van der Waals surface area (Å²) in [5.41, 5.74) is -1.66. The maximum atomic E-state index is 15.3. The highest BCUT2D eigenvalue weighted by molar-refractivity contribution is 7.92. The second kappa shape index (κ2) is 13.2. The van der Waals surface area contributed by atoms with E-state index in [2.05, 4.69) is 34.7 Å². The van der Waals surface area contributed by atoms with Gasteiger partial charge in [-0.05, 0) is 24.2 Å². The number of ether oxygens (including phenoxy) is 3. The van der Waals surface area contributed by atoms with Crippen LogP contribution in [0.3, 0.4) is 0 Å². The van der Waals surface area contributed by atoms with Gasteiger partial charge in [0.2, 0.25) is 5.88 Å². The van der Waals surface area contributed by atoms with E-state index in [1.807, 2.05) is 4.72 Å². The number of methoxy groups -OCH3 is 1. The number of fused-ring (bicyclic) bond motifs is 1. The first-order valence-electron chi connectivity index (χ1n) is 13.3. The summed E-state index contributed by atoms with van der Waals surface area (Å²) in [4.78, 5) is 6.94. The Bertz CT molecular complexity index is 1800. The molecule has 0 bridgehead atoms. The quantitative estimate of drug-likeness (QED) is 0.103. The summed E-state index contributed by atoms with van der Waals surface area (Å²) in [6.45, 7) is 5.92. The van der Waals surface area contributed by atoms with E-state index >= 15 is 4.39 Å². The van der Waals surface area contributed by atoms with Crippen molar-refractivity contribution in [2.24, 2.45) is 0 Å². The predicted octanol–water partition coefficient (Wildman–Crippen LogP) is 6.05. The van der Waals surface area contributed by atoms with E-state index in [4.69, 9.17) is 14.2 Å². The first-order valence-corrected chi connectivity index (χ1v) is 18.5. The van der Waals surface area contributed by atoms with Gasteiger partial charge in [0.15, 0.2) is 16.4 Å². The molecule has 3 aromatic heterocycles. The Kier molecular flexibility index (Phi) is 9.98. The van der Waals surface area contributed by atoms with Crippen molar-refractivity contribution < 1.29 is 49.0 Å². The first kappa shape index (κ1) is 34.0. The Hall–Kier alpha value is -3.90. The van der Waals surface area contributed by atoms with Gasteiger partial charge in [-0.3, -0.25) is 4.72 Å². The molecule has 0 aliphatic rings. The van der Waals surface area contributed by atoms with Gasteiger partial charge in [0, 0.05) is 26.1 Å². The highest BCUT2D eigenvalue weighted by Gasteiger charge is 2.31. The molecule has 0 amide bonds. The molecule has 0 spiro atoms.